The largest absolute Gasteiger partial charge is 0.341 e. The van der Waals surface area contributed by atoms with Crippen molar-refractivity contribution in [2.24, 2.45) is 5.92 Å². The number of benzene rings is 1. The Morgan fingerprint density at radius 3 is 2.92 bits per heavy atom. The van der Waals surface area contributed by atoms with E-state index in [4.69, 9.17) is 0 Å². The molecule has 7 nitrogen and oxygen atoms in total. The number of rotatable bonds is 3. The molecule has 1 aromatic heterocycles. The second-order valence-corrected chi connectivity index (χ2v) is 6.60. The number of hydrogen-bond donors (Lipinski definition) is 1. The molecule has 2 saturated heterocycles. The minimum absolute atomic E-state index is 0. The Labute approximate surface area is 153 Å². The highest BCUT2D eigenvalue weighted by Gasteiger charge is 2.32. The molecule has 0 radical (unpaired) electrons. The third-order valence-electron chi connectivity index (χ3n) is 5.01. The fourth-order valence-electron chi connectivity index (χ4n) is 3.71. The number of halogens is 1. The predicted octanol–water partition coefficient (Wildman–Crippen LogP) is 1.36. The van der Waals surface area contributed by atoms with Gasteiger partial charge in [0.15, 0.2) is 0 Å². The zero-order valence-electron chi connectivity index (χ0n) is 14.0. The van der Waals surface area contributed by atoms with Gasteiger partial charge in [0.05, 0.1) is 0 Å². The van der Waals surface area contributed by atoms with Gasteiger partial charge in [-0.25, -0.2) is 0 Å². The molecule has 0 unspecified atom stereocenters. The molecule has 2 aliphatic heterocycles. The van der Waals surface area contributed by atoms with Crippen LogP contribution in [0.1, 0.15) is 19.3 Å². The normalized spacial score (nSPS) is 22.8. The number of likely N-dealkylation sites (tertiary alicyclic amines) is 1. The lowest BCUT2D eigenvalue weighted by Gasteiger charge is -2.41. The number of fused-ring (bicyclic) bond motifs is 1. The van der Waals surface area contributed by atoms with Gasteiger partial charge in [-0.15, -0.1) is 22.6 Å². The lowest BCUT2D eigenvalue weighted by molar-refractivity contribution is -0.134. The van der Waals surface area contributed by atoms with Crippen molar-refractivity contribution in [2.75, 3.05) is 19.6 Å². The maximum Gasteiger partial charge on any atom is 0.246 e. The second-order valence-electron chi connectivity index (χ2n) is 6.60. The minimum Gasteiger partial charge on any atom is -0.341 e. The van der Waals surface area contributed by atoms with E-state index in [2.05, 4.69) is 20.7 Å². The van der Waals surface area contributed by atoms with Gasteiger partial charge >= 0.3 is 0 Å². The molecule has 0 aliphatic carbocycles. The Balaban J connectivity index is 0.00000182. The van der Waals surface area contributed by atoms with E-state index < -0.39 is 0 Å². The molecule has 0 spiro atoms. The van der Waals surface area contributed by atoms with Crippen LogP contribution in [0.5, 0.6) is 0 Å². The summed E-state index contributed by atoms with van der Waals surface area (Å²) in [6.07, 6.45) is 3.45. The third kappa shape index (κ3) is 3.99. The fraction of sp³-hybridized carbons (Fsp3) is 0.529. The first-order chi connectivity index (χ1) is 11.8. The van der Waals surface area contributed by atoms with E-state index in [0.717, 1.165) is 31.6 Å². The molecule has 1 aromatic carbocycles. The van der Waals surface area contributed by atoms with Crippen LogP contribution in [-0.4, -0.2) is 56.7 Å². The minimum atomic E-state index is 0. The maximum atomic E-state index is 12.6. The number of tetrazole rings is 1. The highest BCUT2D eigenvalue weighted by Crippen LogP contribution is 2.25. The highest BCUT2D eigenvalue weighted by molar-refractivity contribution is 5.85. The first kappa shape index (κ1) is 17.8. The molecule has 2 aliphatic rings. The van der Waals surface area contributed by atoms with Gasteiger partial charge in [-0.05, 0) is 36.9 Å². The summed E-state index contributed by atoms with van der Waals surface area (Å²) in [6, 6.07) is 10.3. The topological polar surface area (TPSA) is 75.9 Å². The molecule has 8 heteroatoms. The quantitative estimate of drug-likeness (QED) is 0.892. The van der Waals surface area contributed by atoms with Crippen molar-refractivity contribution in [1.29, 1.82) is 0 Å². The van der Waals surface area contributed by atoms with Crippen LogP contribution in [0, 0.1) is 5.92 Å². The summed E-state index contributed by atoms with van der Waals surface area (Å²) >= 11 is 0. The molecular weight excluding hydrogens is 340 g/mol. The molecule has 2 fully saturated rings. The van der Waals surface area contributed by atoms with E-state index >= 15 is 0 Å². The van der Waals surface area contributed by atoms with Crippen LogP contribution in [0.4, 0.5) is 0 Å². The number of piperidine rings is 2. The van der Waals surface area contributed by atoms with Crippen molar-refractivity contribution in [3.05, 3.63) is 30.3 Å². The molecule has 134 valence electrons. The van der Waals surface area contributed by atoms with E-state index in [9.17, 15) is 4.79 Å². The van der Waals surface area contributed by atoms with Crippen LogP contribution in [0.15, 0.2) is 30.3 Å². The lowest BCUT2D eigenvalue weighted by atomic mass is 9.85. The van der Waals surface area contributed by atoms with Gasteiger partial charge in [-0.3, -0.25) is 4.79 Å². The van der Waals surface area contributed by atoms with E-state index in [-0.39, 0.29) is 24.9 Å². The number of carbonyl (C=O) groups excluding carboxylic acids is 1. The van der Waals surface area contributed by atoms with Crippen LogP contribution in [0.3, 0.4) is 0 Å². The molecule has 0 bridgehead atoms. The molecule has 0 saturated carbocycles. The van der Waals surface area contributed by atoms with E-state index in [1.165, 1.54) is 17.6 Å². The van der Waals surface area contributed by atoms with E-state index in [0.29, 0.717) is 17.8 Å². The predicted molar refractivity (Wildman–Crippen MR) is 96.2 cm³/mol. The standard InChI is InChI=1S/C17H22N6O.ClH/c24-16(22-10-8-15-14(11-22)7-4-9-18-15)12-23-20-17(19-21-23)13-5-2-1-3-6-13;/h1-3,5-6,14-15,18H,4,7-12H2;1H/t14-,15+;/m1./s1. The van der Waals surface area contributed by atoms with Crippen LogP contribution in [0.2, 0.25) is 0 Å². The van der Waals surface area contributed by atoms with Crippen molar-refractivity contribution in [3.63, 3.8) is 0 Å². The van der Waals surface area contributed by atoms with Gasteiger partial charge in [0, 0.05) is 24.7 Å². The number of nitrogens with zero attached hydrogens (tertiary/aromatic N) is 5. The Bertz CT molecular complexity index is 706. The summed E-state index contributed by atoms with van der Waals surface area (Å²) in [7, 11) is 0. The molecule has 1 N–H and O–H groups in total. The summed E-state index contributed by atoms with van der Waals surface area (Å²) in [5.41, 5.74) is 0.908. The van der Waals surface area contributed by atoms with E-state index in [1.807, 2.05) is 35.2 Å². The molecule has 25 heavy (non-hydrogen) atoms. The van der Waals surface area contributed by atoms with Crippen molar-refractivity contribution in [2.45, 2.75) is 31.8 Å². The number of amides is 1. The van der Waals surface area contributed by atoms with E-state index in [1.54, 1.807) is 0 Å². The van der Waals surface area contributed by atoms with Crippen molar-refractivity contribution < 1.29 is 4.79 Å². The third-order valence-corrected chi connectivity index (χ3v) is 5.01. The summed E-state index contributed by atoms with van der Waals surface area (Å²) in [5.74, 6) is 1.22. The van der Waals surface area contributed by atoms with Gasteiger partial charge in [-0.2, -0.15) is 4.80 Å². The molecule has 3 heterocycles. The van der Waals surface area contributed by atoms with Crippen LogP contribution in [-0.2, 0) is 11.3 Å². The molecule has 1 amide bonds. The Hall–Kier alpha value is -1.99. The first-order valence-corrected chi connectivity index (χ1v) is 8.64. The van der Waals surface area contributed by atoms with Gasteiger partial charge in [-0.1, -0.05) is 30.3 Å². The fourth-order valence-corrected chi connectivity index (χ4v) is 3.71. The number of aromatic nitrogens is 4. The Morgan fingerprint density at radius 1 is 1.24 bits per heavy atom. The number of carbonyl (C=O) groups is 1. The van der Waals surface area contributed by atoms with Crippen LogP contribution in [0.25, 0.3) is 11.4 Å². The average molecular weight is 363 g/mol. The molecule has 2 atom stereocenters. The molecular formula is C17H23ClN6O. The average Bonchev–Trinajstić information content (AvgIpc) is 3.10. The highest BCUT2D eigenvalue weighted by atomic mass is 35.5. The lowest BCUT2D eigenvalue weighted by Crippen LogP contribution is -2.54. The summed E-state index contributed by atoms with van der Waals surface area (Å²) in [6.45, 7) is 2.93. The first-order valence-electron chi connectivity index (χ1n) is 8.64. The SMILES string of the molecule is Cl.O=C(Cn1nnc(-c2ccccc2)n1)N1CC[C@@H]2NCCC[C@@H]2C1. The zero-order valence-corrected chi connectivity index (χ0v) is 14.9. The summed E-state index contributed by atoms with van der Waals surface area (Å²) in [5, 5.41) is 16.0. The van der Waals surface area contributed by atoms with Gasteiger partial charge < -0.3 is 10.2 Å². The summed E-state index contributed by atoms with van der Waals surface area (Å²) < 4.78 is 0. The van der Waals surface area contributed by atoms with Gasteiger partial charge in [0.2, 0.25) is 11.7 Å². The second kappa shape index (κ2) is 7.93. The summed E-state index contributed by atoms with van der Waals surface area (Å²) in [4.78, 5) is 15.9. The van der Waals surface area contributed by atoms with Crippen LogP contribution < -0.4 is 5.32 Å². The number of nitrogens with one attached hydrogen (secondary N) is 1. The van der Waals surface area contributed by atoms with Crippen molar-refractivity contribution in [3.8, 4) is 11.4 Å². The Morgan fingerprint density at radius 2 is 2.08 bits per heavy atom. The zero-order chi connectivity index (χ0) is 16.4. The monoisotopic (exact) mass is 362 g/mol. The van der Waals surface area contributed by atoms with Gasteiger partial charge in [0.1, 0.15) is 6.54 Å². The number of hydrogen-bond acceptors (Lipinski definition) is 5. The van der Waals surface area contributed by atoms with Crippen molar-refractivity contribution in [1.82, 2.24) is 30.4 Å². The van der Waals surface area contributed by atoms with Gasteiger partial charge in [0.25, 0.3) is 0 Å². The maximum absolute atomic E-state index is 12.6. The Kier molecular flexibility index (Phi) is 5.65. The molecule has 4 rings (SSSR count). The van der Waals surface area contributed by atoms with Crippen molar-refractivity contribution >= 4 is 18.3 Å². The molecule has 2 aromatic rings. The van der Waals surface area contributed by atoms with Crippen LogP contribution >= 0.6 is 12.4 Å². The smallest absolute Gasteiger partial charge is 0.246 e.